The van der Waals surface area contributed by atoms with Crippen LogP contribution < -0.4 is 10.5 Å². The van der Waals surface area contributed by atoms with E-state index in [1.54, 1.807) is 0 Å². The molecule has 0 aliphatic heterocycles. The van der Waals surface area contributed by atoms with E-state index >= 15 is 0 Å². The van der Waals surface area contributed by atoms with Crippen LogP contribution in [0.5, 0.6) is 5.75 Å². The van der Waals surface area contributed by atoms with Crippen LogP contribution in [-0.4, -0.2) is 12.5 Å². The molecular weight excluding hydrogens is 307 g/mol. The fraction of sp³-hybridized carbons (Fsp3) is 0.333. The molecule has 0 spiro atoms. The minimum absolute atomic E-state index is 0. The van der Waals surface area contributed by atoms with Gasteiger partial charge in [-0.3, -0.25) is 0 Å². The van der Waals surface area contributed by atoms with Crippen molar-refractivity contribution in [3.8, 4) is 5.75 Å². The highest BCUT2D eigenvalue weighted by atomic mass is 35.5. The van der Waals surface area contributed by atoms with Gasteiger partial charge in [0.1, 0.15) is 6.04 Å². The molecule has 1 aromatic rings. The minimum Gasteiger partial charge on any atom is -0.403 e. The molecule has 0 saturated carbocycles. The Morgan fingerprint density at radius 1 is 1.05 bits per heavy atom. The first-order valence-electron chi connectivity index (χ1n) is 4.38. The molecule has 0 aliphatic carbocycles. The lowest BCUT2D eigenvalue weighted by Gasteiger charge is -2.17. The number of ether oxygens (including phenoxy) is 1. The lowest BCUT2D eigenvalue weighted by Crippen LogP contribution is -2.28. The van der Waals surface area contributed by atoms with E-state index in [2.05, 4.69) is 4.74 Å². The molecule has 0 unspecified atom stereocenters. The van der Waals surface area contributed by atoms with Crippen LogP contribution in [0.15, 0.2) is 18.2 Å². The zero-order chi connectivity index (χ0) is 14.1. The van der Waals surface area contributed by atoms with Gasteiger partial charge < -0.3 is 10.5 Å². The second-order valence-electron chi connectivity index (χ2n) is 3.26. The van der Waals surface area contributed by atoms with Gasteiger partial charge in [0.15, 0.2) is 11.6 Å². The number of hydrogen-bond donors (Lipinski definition) is 1. The van der Waals surface area contributed by atoms with Crippen LogP contribution in [0.3, 0.4) is 0 Å². The maximum absolute atomic E-state index is 13.1. The first-order valence-corrected chi connectivity index (χ1v) is 4.38. The average molecular weight is 314 g/mol. The van der Waals surface area contributed by atoms with E-state index < -0.39 is 35.7 Å². The summed E-state index contributed by atoms with van der Waals surface area (Å²) < 4.78 is 88.2. The molecule has 1 atom stereocenters. The van der Waals surface area contributed by atoms with Gasteiger partial charge >= 0.3 is 12.5 Å². The van der Waals surface area contributed by atoms with Crippen molar-refractivity contribution in [2.24, 2.45) is 5.73 Å². The lowest BCUT2D eigenvalue weighted by atomic mass is 10.1. The van der Waals surface area contributed by atoms with Crippen molar-refractivity contribution in [1.29, 1.82) is 0 Å². The second kappa shape index (κ2) is 5.83. The summed E-state index contributed by atoms with van der Waals surface area (Å²) in [5.41, 5.74) is 4.06. The Kier molecular flexibility index (Phi) is 5.45. The summed E-state index contributed by atoms with van der Waals surface area (Å²) in [6, 6.07) is -1.18. The van der Waals surface area contributed by atoms with E-state index in [0.29, 0.717) is 12.1 Å². The van der Waals surface area contributed by atoms with Gasteiger partial charge in [-0.2, -0.15) is 13.2 Å². The predicted molar refractivity (Wildman–Crippen MR) is 53.3 cm³/mol. The molecule has 0 heterocycles. The van der Waals surface area contributed by atoms with Gasteiger partial charge in [0.05, 0.1) is 0 Å². The molecule has 0 saturated heterocycles. The molecule has 0 aromatic heterocycles. The molecule has 0 amide bonds. The highest BCUT2D eigenvalue weighted by Gasteiger charge is 2.38. The summed E-state index contributed by atoms with van der Waals surface area (Å²) in [6.07, 6.45) is -9.95. The highest BCUT2D eigenvalue weighted by Crippen LogP contribution is 2.33. The average Bonchev–Trinajstić information content (AvgIpc) is 2.16. The summed E-state index contributed by atoms with van der Waals surface area (Å²) >= 11 is 0. The topological polar surface area (TPSA) is 35.2 Å². The van der Waals surface area contributed by atoms with Crippen molar-refractivity contribution in [3.63, 3.8) is 0 Å². The number of alkyl halides is 6. The number of rotatable bonds is 2. The van der Waals surface area contributed by atoms with Crippen LogP contribution in [0.25, 0.3) is 0 Å². The van der Waals surface area contributed by atoms with Gasteiger partial charge in [0.25, 0.3) is 0 Å². The zero-order valence-corrected chi connectivity index (χ0v) is 9.67. The maximum atomic E-state index is 13.1. The molecule has 1 aromatic carbocycles. The number of nitrogens with two attached hydrogens (primary N) is 1. The summed E-state index contributed by atoms with van der Waals surface area (Å²) in [5, 5.41) is 0. The first kappa shape index (κ1) is 17.8. The molecule has 0 radical (unpaired) electrons. The Morgan fingerprint density at radius 3 is 1.95 bits per heavy atom. The SMILES string of the molecule is Cl.N[C@H](c1ccc(OC(F)(F)F)c(F)c1)C(F)(F)F. The van der Waals surface area contributed by atoms with Crippen LogP contribution in [0, 0.1) is 5.82 Å². The third kappa shape index (κ3) is 5.11. The van der Waals surface area contributed by atoms with Gasteiger partial charge in [-0.05, 0) is 17.7 Å². The predicted octanol–water partition coefficient (Wildman–Crippen LogP) is 3.71. The highest BCUT2D eigenvalue weighted by molar-refractivity contribution is 5.85. The zero-order valence-electron chi connectivity index (χ0n) is 8.85. The smallest absolute Gasteiger partial charge is 0.403 e. The van der Waals surface area contributed by atoms with E-state index in [-0.39, 0.29) is 18.5 Å². The molecule has 0 aliphatic rings. The van der Waals surface area contributed by atoms with Crippen LogP contribution in [0.2, 0.25) is 0 Å². The van der Waals surface area contributed by atoms with Crippen LogP contribution in [-0.2, 0) is 0 Å². The van der Waals surface area contributed by atoms with E-state index in [9.17, 15) is 30.7 Å². The Labute approximate surface area is 108 Å². The largest absolute Gasteiger partial charge is 0.573 e. The Bertz CT molecular complexity index is 432. The number of halogens is 8. The van der Waals surface area contributed by atoms with Crippen molar-refractivity contribution < 1.29 is 35.5 Å². The molecule has 2 N–H and O–H groups in total. The molecule has 1 rings (SSSR count). The first-order chi connectivity index (χ1) is 8.00. The van der Waals surface area contributed by atoms with Crippen molar-refractivity contribution in [2.75, 3.05) is 0 Å². The Balaban J connectivity index is 0.00000324. The van der Waals surface area contributed by atoms with Gasteiger partial charge in [-0.15, -0.1) is 25.6 Å². The normalized spacial score (nSPS) is 13.7. The van der Waals surface area contributed by atoms with Crippen molar-refractivity contribution in [2.45, 2.75) is 18.6 Å². The van der Waals surface area contributed by atoms with Gasteiger partial charge in [-0.1, -0.05) is 6.07 Å². The third-order valence-electron chi connectivity index (χ3n) is 1.89. The standard InChI is InChI=1S/C9H6F7NO.ClH/c10-5-3-4(7(17)8(11,12)13)1-2-6(5)18-9(14,15)16;/h1-3,7H,17H2;1H/t7-;/m1./s1. The molecule has 2 nitrogen and oxygen atoms in total. The van der Waals surface area contributed by atoms with Crippen LogP contribution in [0.4, 0.5) is 30.7 Å². The van der Waals surface area contributed by atoms with Crippen molar-refractivity contribution in [3.05, 3.63) is 29.6 Å². The molecule has 0 fully saturated rings. The molecular formula is C9H7ClF7NO. The van der Waals surface area contributed by atoms with Crippen molar-refractivity contribution >= 4 is 12.4 Å². The fourth-order valence-corrected chi connectivity index (χ4v) is 1.11. The minimum atomic E-state index is -5.13. The number of hydrogen-bond acceptors (Lipinski definition) is 2. The van der Waals surface area contributed by atoms with Crippen LogP contribution >= 0.6 is 12.4 Å². The quantitative estimate of drug-likeness (QED) is 0.845. The van der Waals surface area contributed by atoms with Gasteiger partial charge in [0.2, 0.25) is 0 Å². The van der Waals surface area contributed by atoms with Gasteiger partial charge in [0, 0.05) is 0 Å². The fourth-order valence-electron chi connectivity index (χ4n) is 1.11. The molecule has 0 bridgehead atoms. The monoisotopic (exact) mass is 313 g/mol. The Morgan fingerprint density at radius 2 is 1.58 bits per heavy atom. The summed E-state index contributed by atoms with van der Waals surface area (Å²) in [4.78, 5) is 0. The van der Waals surface area contributed by atoms with Crippen LogP contribution in [0.1, 0.15) is 11.6 Å². The summed E-state index contributed by atoms with van der Waals surface area (Å²) in [7, 11) is 0. The molecule has 110 valence electrons. The van der Waals surface area contributed by atoms with E-state index in [1.807, 2.05) is 0 Å². The molecule has 10 heteroatoms. The third-order valence-corrected chi connectivity index (χ3v) is 1.89. The van der Waals surface area contributed by atoms with E-state index in [1.165, 1.54) is 0 Å². The van der Waals surface area contributed by atoms with Gasteiger partial charge in [-0.25, -0.2) is 4.39 Å². The van der Waals surface area contributed by atoms with E-state index in [0.717, 1.165) is 0 Å². The second-order valence-corrected chi connectivity index (χ2v) is 3.26. The van der Waals surface area contributed by atoms with E-state index in [4.69, 9.17) is 5.73 Å². The summed E-state index contributed by atoms with van der Waals surface area (Å²) in [5.74, 6) is -2.80. The maximum Gasteiger partial charge on any atom is 0.573 e. The number of benzene rings is 1. The summed E-state index contributed by atoms with van der Waals surface area (Å²) in [6.45, 7) is 0. The molecule has 19 heavy (non-hydrogen) atoms. The Hall–Kier alpha value is -1.22. The van der Waals surface area contributed by atoms with Crippen molar-refractivity contribution in [1.82, 2.24) is 0 Å². The lowest BCUT2D eigenvalue weighted by molar-refractivity contribution is -0.275.